The van der Waals surface area contributed by atoms with Crippen molar-refractivity contribution < 1.29 is 13.0 Å². The molecule has 0 bridgehead atoms. The van der Waals surface area contributed by atoms with Gasteiger partial charge in [0.25, 0.3) is 10.1 Å². The Hall–Kier alpha value is -3.09. The highest BCUT2D eigenvalue weighted by Crippen LogP contribution is 2.43. The van der Waals surface area contributed by atoms with Crippen LogP contribution in [0.5, 0.6) is 0 Å². The molecule has 6 heteroatoms. The first-order valence-corrected chi connectivity index (χ1v) is 11.1. The maximum absolute atomic E-state index is 11.7. The summed E-state index contributed by atoms with van der Waals surface area (Å²) >= 11 is 0. The number of hydrogen-bond donors (Lipinski definition) is 1. The Balaban J connectivity index is 1.84. The highest BCUT2D eigenvalue weighted by atomic mass is 32.2. The van der Waals surface area contributed by atoms with Gasteiger partial charge in [0.2, 0.25) is 11.4 Å². The molecule has 5 nitrogen and oxygen atoms in total. The summed E-state index contributed by atoms with van der Waals surface area (Å²) in [6, 6.07) is 24.5. The largest absolute Gasteiger partial charge is 0.294 e. The molecule has 0 radical (unpaired) electrons. The number of benzene rings is 3. The number of para-hydroxylation sites is 2. The van der Waals surface area contributed by atoms with Gasteiger partial charge in [0.05, 0.1) is 22.4 Å². The van der Waals surface area contributed by atoms with Gasteiger partial charge in [-0.2, -0.15) is 13.0 Å². The lowest BCUT2D eigenvalue weighted by Crippen LogP contribution is -2.29. The molecule has 0 aliphatic carbocycles. The standard InChI is InChI=1S/C24H22N2O3S/c1-24(2)21-17-20(30(27,28)29)13-14-22(21)26(19-11-7-4-8-12-19)23(24)15-16-25-18-9-5-3-6-10-18/h3-14,16-17H,15H2,1-2H3/p+1. The summed E-state index contributed by atoms with van der Waals surface area (Å²) in [4.78, 5) is 4.48. The van der Waals surface area contributed by atoms with Crippen molar-refractivity contribution >= 4 is 39.1 Å². The number of hydrogen-bond acceptors (Lipinski definition) is 3. The molecule has 3 aromatic carbocycles. The molecule has 0 atom stereocenters. The molecule has 0 aromatic heterocycles. The molecule has 152 valence electrons. The van der Waals surface area contributed by atoms with E-state index < -0.39 is 15.5 Å². The smallest absolute Gasteiger partial charge is 0.282 e. The van der Waals surface area contributed by atoms with E-state index in [1.165, 1.54) is 6.07 Å². The SMILES string of the molecule is CC1(C)C(CC=Nc2ccccc2)=[N+](c2ccccc2)c2ccc(S(=O)(=O)O)cc21. The van der Waals surface area contributed by atoms with Crippen LogP contribution in [-0.2, 0) is 15.5 Å². The van der Waals surface area contributed by atoms with Gasteiger partial charge in [-0.3, -0.25) is 9.55 Å². The van der Waals surface area contributed by atoms with Crippen molar-refractivity contribution in [1.82, 2.24) is 4.58 Å². The Kier molecular flexibility index (Phi) is 5.13. The minimum Gasteiger partial charge on any atom is -0.282 e. The molecular formula is C24H23N2O3S+. The first kappa shape index (κ1) is 20.2. The Morgan fingerprint density at radius 1 is 0.967 bits per heavy atom. The molecule has 0 saturated carbocycles. The maximum Gasteiger partial charge on any atom is 0.294 e. The molecule has 1 N–H and O–H groups in total. The van der Waals surface area contributed by atoms with Gasteiger partial charge in [-0.15, -0.1) is 0 Å². The fraction of sp³-hybridized carbons (Fsp3) is 0.167. The Morgan fingerprint density at radius 3 is 2.23 bits per heavy atom. The molecule has 0 amide bonds. The van der Waals surface area contributed by atoms with Crippen LogP contribution in [0.3, 0.4) is 0 Å². The molecule has 0 spiro atoms. The third-order valence-corrected chi connectivity index (χ3v) is 6.32. The van der Waals surface area contributed by atoms with E-state index in [2.05, 4.69) is 23.4 Å². The summed E-state index contributed by atoms with van der Waals surface area (Å²) in [7, 11) is -4.28. The van der Waals surface area contributed by atoms with Crippen molar-refractivity contribution in [3.05, 3.63) is 84.4 Å². The zero-order chi connectivity index (χ0) is 21.4. The average Bonchev–Trinajstić information content (AvgIpc) is 2.95. The van der Waals surface area contributed by atoms with E-state index in [-0.39, 0.29) is 4.90 Å². The van der Waals surface area contributed by atoms with Crippen LogP contribution in [-0.4, -0.2) is 24.9 Å². The van der Waals surface area contributed by atoms with Crippen LogP contribution >= 0.6 is 0 Å². The van der Waals surface area contributed by atoms with Gasteiger partial charge in [-0.05, 0) is 38.1 Å². The normalized spacial score (nSPS) is 15.6. The van der Waals surface area contributed by atoms with Crippen molar-refractivity contribution in [2.45, 2.75) is 30.6 Å². The quantitative estimate of drug-likeness (QED) is 0.347. The second kappa shape index (κ2) is 7.63. The first-order valence-electron chi connectivity index (χ1n) is 9.69. The predicted octanol–water partition coefficient (Wildman–Crippen LogP) is 5.29. The summed E-state index contributed by atoms with van der Waals surface area (Å²) < 4.78 is 35.1. The lowest BCUT2D eigenvalue weighted by molar-refractivity contribution is 0.483. The maximum atomic E-state index is 11.7. The number of rotatable bonds is 5. The highest BCUT2D eigenvalue weighted by molar-refractivity contribution is 7.85. The van der Waals surface area contributed by atoms with Crippen molar-refractivity contribution in [3.8, 4) is 0 Å². The lowest BCUT2D eigenvalue weighted by atomic mass is 9.80. The van der Waals surface area contributed by atoms with Crippen LogP contribution in [0.1, 0.15) is 25.8 Å². The van der Waals surface area contributed by atoms with Gasteiger partial charge in [0.15, 0.2) is 5.71 Å². The number of nitrogens with zero attached hydrogens (tertiary/aromatic N) is 2. The fourth-order valence-corrected chi connectivity index (χ4v) is 4.43. The molecular weight excluding hydrogens is 396 g/mol. The second-order valence-corrected chi connectivity index (χ2v) is 9.17. The highest BCUT2D eigenvalue weighted by Gasteiger charge is 2.46. The summed E-state index contributed by atoms with van der Waals surface area (Å²) in [5.41, 5.74) is 4.26. The van der Waals surface area contributed by atoms with Gasteiger partial charge in [0, 0.05) is 30.0 Å². The van der Waals surface area contributed by atoms with E-state index in [9.17, 15) is 13.0 Å². The summed E-state index contributed by atoms with van der Waals surface area (Å²) in [6.45, 7) is 4.13. The van der Waals surface area contributed by atoms with Gasteiger partial charge in [-0.25, -0.2) is 0 Å². The van der Waals surface area contributed by atoms with Gasteiger partial charge >= 0.3 is 0 Å². The Morgan fingerprint density at radius 2 is 1.60 bits per heavy atom. The monoisotopic (exact) mass is 419 g/mol. The van der Waals surface area contributed by atoms with Crippen molar-refractivity contribution in [3.63, 3.8) is 0 Å². The number of fused-ring (bicyclic) bond motifs is 1. The van der Waals surface area contributed by atoms with E-state index in [1.807, 2.05) is 66.9 Å². The van der Waals surface area contributed by atoms with E-state index in [4.69, 9.17) is 0 Å². The summed E-state index contributed by atoms with van der Waals surface area (Å²) in [5, 5.41) is 0. The van der Waals surface area contributed by atoms with Crippen LogP contribution in [0, 0.1) is 0 Å². The fourth-order valence-electron chi connectivity index (χ4n) is 3.92. The minimum absolute atomic E-state index is 0.0958. The Bertz CT molecular complexity index is 1250. The second-order valence-electron chi connectivity index (χ2n) is 7.75. The van der Waals surface area contributed by atoms with Gasteiger partial charge in [0.1, 0.15) is 0 Å². The van der Waals surface area contributed by atoms with Crippen molar-refractivity contribution in [1.29, 1.82) is 0 Å². The van der Waals surface area contributed by atoms with E-state index >= 15 is 0 Å². The molecule has 0 unspecified atom stereocenters. The minimum atomic E-state index is -4.28. The molecule has 1 aliphatic heterocycles. The van der Waals surface area contributed by atoms with E-state index in [1.54, 1.807) is 12.1 Å². The van der Waals surface area contributed by atoms with E-state index in [0.29, 0.717) is 6.42 Å². The number of aliphatic imine (C=N–C) groups is 1. The van der Waals surface area contributed by atoms with Gasteiger partial charge < -0.3 is 0 Å². The average molecular weight is 420 g/mol. The molecule has 30 heavy (non-hydrogen) atoms. The zero-order valence-corrected chi connectivity index (χ0v) is 17.7. The Labute approximate surface area is 176 Å². The molecule has 1 aliphatic rings. The third-order valence-electron chi connectivity index (χ3n) is 5.47. The van der Waals surface area contributed by atoms with Crippen LogP contribution in [0.15, 0.2) is 88.8 Å². The zero-order valence-electron chi connectivity index (χ0n) is 16.9. The topological polar surface area (TPSA) is 69.7 Å². The predicted molar refractivity (Wildman–Crippen MR) is 121 cm³/mol. The molecule has 3 aromatic rings. The van der Waals surface area contributed by atoms with Crippen molar-refractivity contribution in [2.75, 3.05) is 0 Å². The van der Waals surface area contributed by atoms with Crippen LogP contribution in [0.4, 0.5) is 17.1 Å². The van der Waals surface area contributed by atoms with Crippen LogP contribution in [0.2, 0.25) is 0 Å². The van der Waals surface area contributed by atoms with Crippen LogP contribution < -0.4 is 4.58 Å². The van der Waals surface area contributed by atoms with Crippen molar-refractivity contribution in [2.24, 2.45) is 4.99 Å². The molecule has 1 heterocycles. The molecule has 0 fully saturated rings. The van der Waals surface area contributed by atoms with E-state index in [0.717, 1.165) is 28.3 Å². The summed E-state index contributed by atoms with van der Waals surface area (Å²) in [5.74, 6) is 0. The lowest BCUT2D eigenvalue weighted by Gasteiger charge is -2.17. The molecule has 0 saturated heterocycles. The third kappa shape index (κ3) is 3.72. The van der Waals surface area contributed by atoms with Crippen LogP contribution in [0.25, 0.3) is 0 Å². The first-order chi connectivity index (χ1) is 14.3. The van der Waals surface area contributed by atoms with Gasteiger partial charge in [-0.1, -0.05) is 36.4 Å². The molecule has 4 rings (SSSR count). The summed E-state index contributed by atoms with van der Waals surface area (Å²) in [6.07, 6.45) is 2.48.